The molecule has 0 fully saturated rings. The average molecular weight is 334 g/mol. The summed E-state index contributed by atoms with van der Waals surface area (Å²) in [4.78, 5) is 32.9. The molecule has 0 saturated carbocycles. The number of pyridine rings is 1. The number of aromatic nitrogens is 4. The number of carbonyl (C=O) groups is 2. The summed E-state index contributed by atoms with van der Waals surface area (Å²) in [5.74, 6) is 0.0712. The van der Waals surface area contributed by atoms with Crippen LogP contribution in [0.1, 0.15) is 12.5 Å². The van der Waals surface area contributed by atoms with Crippen LogP contribution in [0.15, 0.2) is 54.9 Å². The van der Waals surface area contributed by atoms with Gasteiger partial charge in [-0.1, -0.05) is 18.2 Å². The Hall–Kier alpha value is -3.55. The van der Waals surface area contributed by atoms with Crippen LogP contribution >= 0.6 is 0 Å². The first-order chi connectivity index (χ1) is 12.2. The molecule has 8 heteroatoms. The third kappa shape index (κ3) is 2.97. The normalized spacial score (nSPS) is 16.0. The lowest BCUT2D eigenvalue weighted by Gasteiger charge is -2.22. The number of nitrogens with zero attached hydrogens (tertiary/aromatic N) is 4. The number of para-hydroxylation sites is 1. The number of carbonyl (C=O) groups excluding carboxylic acids is 2. The molecule has 3 heterocycles. The van der Waals surface area contributed by atoms with E-state index in [1.165, 1.54) is 4.68 Å². The van der Waals surface area contributed by atoms with Crippen LogP contribution < -0.4 is 10.6 Å². The van der Waals surface area contributed by atoms with Gasteiger partial charge in [0.15, 0.2) is 5.82 Å². The highest BCUT2D eigenvalue weighted by Crippen LogP contribution is 2.27. The minimum atomic E-state index is -0.762. The van der Waals surface area contributed by atoms with E-state index in [2.05, 4.69) is 25.7 Å². The molecule has 4 rings (SSSR count). The van der Waals surface area contributed by atoms with Gasteiger partial charge in [-0.3, -0.25) is 19.9 Å². The molecule has 2 amide bonds. The van der Waals surface area contributed by atoms with Crippen molar-refractivity contribution in [2.75, 3.05) is 10.6 Å². The second-order valence-corrected chi connectivity index (χ2v) is 5.57. The Morgan fingerprint density at radius 1 is 1.20 bits per heavy atom. The highest BCUT2D eigenvalue weighted by molar-refractivity contribution is 6.00. The number of fused-ring (bicyclic) bond motifs is 1. The molecule has 0 radical (unpaired) electrons. The van der Waals surface area contributed by atoms with E-state index in [0.29, 0.717) is 17.1 Å². The van der Waals surface area contributed by atoms with Gasteiger partial charge < -0.3 is 5.32 Å². The zero-order valence-corrected chi connectivity index (χ0v) is 13.1. The Morgan fingerprint density at radius 2 is 2.04 bits per heavy atom. The van der Waals surface area contributed by atoms with E-state index < -0.39 is 6.04 Å². The Morgan fingerprint density at radius 3 is 2.80 bits per heavy atom. The molecule has 1 atom stereocenters. The van der Waals surface area contributed by atoms with Crippen molar-refractivity contribution in [3.8, 4) is 11.4 Å². The molecule has 2 N–H and O–H groups in total. The molecule has 1 aliphatic heterocycles. The SMILES string of the molecule is O=C1C[C@@H](C(=O)Nc2ccccc2)n2nc(-c3cccnc3)nc2N1. The fourth-order valence-corrected chi connectivity index (χ4v) is 2.63. The van der Waals surface area contributed by atoms with Crippen molar-refractivity contribution in [3.05, 3.63) is 54.9 Å². The molecule has 8 nitrogen and oxygen atoms in total. The second-order valence-electron chi connectivity index (χ2n) is 5.57. The van der Waals surface area contributed by atoms with Gasteiger partial charge in [0.05, 0.1) is 6.42 Å². The van der Waals surface area contributed by atoms with Crippen LogP contribution in [0.2, 0.25) is 0 Å². The van der Waals surface area contributed by atoms with E-state index in [4.69, 9.17) is 0 Å². The molecule has 1 aliphatic rings. The van der Waals surface area contributed by atoms with Crippen molar-refractivity contribution in [1.82, 2.24) is 19.7 Å². The Bertz CT molecular complexity index is 923. The monoisotopic (exact) mass is 334 g/mol. The van der Waals surface area contributed by atoms with Gasteiger partial charge in [-0.25, -0.2) is 4.68 Å². The van der Waals surface area contributed by atoms with Gasteiger partial charge in [0.25, 0.3) is 0 Å². The summed E-state index contributed by atoms with van der Waals surface area (Å²) in [5.41, 5.74) is 1.37. The Labute approximate surface area is 142 Å². The lowest BCUT2D eigenvalue weighted by Crippen LogP contribution is -2.36. The predicted octanol–water partition coefficient (Wildman–Crippen LogP) is 1.86. The molecule has 1 aromatic carbocycles. The molecule has 3 aromatic rings. The second kappa shape index (κ2) is 6.16. The summed E-state index contributed by atoms with van der Waals surface area (Å²) >= 11 is 0. The summed E-state index contributed by atoms with van der Waals surface area (Å²) in [7, 11) is 0. The lowest BCUT2D eigenvalue weighted by molar-refractivity contribution is -0.125. The minimum absolute atomic E-state index is 0.00149. The van der Waals surface area contributed by atoms with E-state index in [9.17, 15) is 9.59 Å². The maximum Gasteiger partial charge on any atom is 0.249 e. The van der Waals surface area contributed by atoms with Gasteiger partial charge in [0, 0.05) is 23.6 Å². The zero-order chi connectivity index (χ0) is 17.2. The molecule has 0 unspecified atom stereocenters. The number of benzene rings is 1. The van der Waals surface area contributed by atoms with Crippen molar-refractivity contribution >= 4 is 23.5 Å². The maximum absolute atomic E-state index is 12.6. The van der Waals surface area contributed by atoms with Gasteiger partial charge in [-0.05, 0) is 24.3 Å². The lowest BCUT2D eigenvalue weighted by atomic mass is 10.1. The maximum atomic E-state index is 12.6. The Kier molecular flexibility index (Phi) is 3.70. The fourth-order valence-electron chi connectivity index (χ4n) is 2.63. The van der Waals surface area contributed by atoms with E-state index in [0.717, 1.165) is 0 Å². The molecule has 0 spiro atoms. The smallest absolute Gasteiger partial charge is 0.249 e. The van der Waals surface area contributed by atoms with Gasteiger partial charge in [-0.2, -0.15) is 4.98 Å². The Balaban J connectivity index is 1.66. The van der Waals surface area contributed by atoms with Crippen LogP contribution in [0.3, 0.4) is 0 Å². The number of amides is 2. The van der Waals surface area contributed by atoms with Crippen LogP contribution in [-0.2, 0) is 9.59 Å². The molecule has 25 heavy (non-hydrogen) atoms. The molecular weight excluding hydrogens is 320 g/mol. The van der Waals surface area contributed by atoms with Crippen LogP contribution in [0.5, 0.6) is 0 Å². The zero-order valence-electron chi connectivity index (χ0n) is 13.1. The highest BCUT2D eigenvalue weighted by Gasteiger charge is 2.33. The van der Waals surface area contributed by atoms with Crippen LogP contribution in [0, 0.1) is 0 Å². The number of hydrogen-bond acceptors (Lipinski definition) is 5. The summed E-state index contributed by atoms with van der Waals surface area (Å²) < 4.78 is 1.45. The third-order valence-corrected chi connectivity index (χ3v) is 3.82. The quantitative estimate of drug-likeness (QED) is 0.761. The van der Waals surface area contributed by atoms with Crippen LogP contribution in [0.25, 0.3) is 11.4 Å². The molecule has 0 saturated heterocycles. The number of anilines is 2. The van der Waals surface area contributed by atoms with E-state index in [1.807, 2.05) is 24.3 Å². The van der Waals surface area contributed by atoms with Crippen molar-refractivity contribution < 1.29 is 9.59 Å². The van der Waals surface area contributed by atoms with Crippen molar-refractivity contribution in [1.29, 1.82) is 0 Å². The molecule has 2 aromatic heterocycles. The molecular formula is C17H14N6O2. The van der Waals surface area contributed by atoms with Crippen molar-refractivity contribution in [3.63, 3.8) is 0 Å². The summed E-state index contributed by atoms with van der Waals surface area (Å²) in [6.07, 6.45) is 3.28. The van der Waals surface area contributed by atoms with Crippen molar-refractivity contribution in [2.45, 2.75) is 12.5 Å². The molecule has 0 bridgehead atoms. The van der Waals surface area contributed by atoms with Crippen LogP contribution in [-0.4, -0.2) is 31.6 Å². The predicted molar refractivity (Wildman–Crippen MR) is 90.6 cm³/mol. The first-order valence-electron chi connectivity index (χ1n) is 7.73. The number of rotatable bonds is 3. The van der Waals surface area contributed by atoms with E-state index >= 15 is 0 Å². The first kappa shape index (κ1) is 15.0. The van der Waals surface area contributed by atoms with E-state index in [-0.39, 0.29) is 24.2 Å². The average Bonchev–Trinajstić information content (AvgIpc) is 3.06. The van der Waals surface area contributed by atoms with Gasteiger partial charge in [0.2, 0.25) is 17.8 Å². The van der Waals surface area contributed by atoms with Gasteiger partial charge >= 0.3 is 0 Å². The summed E-state index contributed by atoms with van der Waals surface area (Å²) in [6.45, 7) is 0. The minimum Gasteiger partial charge on any atom is -0.324 e. The van der Waals surface area contributed by atoms with Gasteiger partial charge in [-0.15, -0.1) is 5.10 Å². The van der Waals surface area contributed by atoms with E-state index in [1.54, 1.807) is 30.6 Å². The van der Waals surface area contributed by atoms with Gasteiger partial charge in [0.1, 0.15) is 6.04 Å². The summed E-state index contributed by atoms with van der Waals surface area (Å²) in [6, 6.07) is 11.9. The fraction of sp³-hybridized carbons (Fsp3) is 0.118. The number of hydrogen-bond donors (Lipinski definition) is 2. The summed E-state index contributed by atoms with van der Waals surface area (Å²) in [5, 5.41) is 9.84. The molecule has 0 aliphatic carbocycles. The molecule has 124 valence electrons. The topological polar surface area (TPSA) is 102 Å². The highest BCUT2D eigenvalue weighted by atomic mass is 16.2. The van der Waals surface area contributed by atoms with Crippen LogP contribution in [0.4, 0.5) is 11.6 Å². The largest absolute Gasteiger partial charge is 0.324 e. The first-order valence-corrected chi connectivity index (χ1v) is 7.73. The third-order valence-electron chi connectivity index (χ3n) is 3.82. The van der Waals surface area contributed by atoms with Crippen molar-refractivity contribution in [2.24, 2.45) is 0 Å². The standard InChI is InChI=1S/C17H14N6O2/c24-14-9-13(16(25)19-12-6-2-1-3-7-12)23-17(20-14)21-15(22-23)11-5-4-8-18-10-11/h1-8,10,13H,9H2,(H,19,25)(H,20,21,22,24)/t13-/m0/s1. The number of nitrogens with one attached hydrogen (secondary N) is 2.